The van der Waals surface area contributed by atoms with Crippen LogP contribution in [0.2, 0.25) is 0 Å². The third-order valence-electron chi connectivity index (χ3n) is 3.88. The Morgan fingerprint density at radius 2 is 2.15 bits per heavy atom. The van der Waals surface area contributed by atoms with Gasteiger partial charge in [-0.25, -0.2) is 0 Å². The van der Waals surface area contributed by atoms with E-state index in [1.54, 1.807) is 0 Å². The Morgan fingerprint density at radius 1 is 1.46 bits per heavy atom. The highest BCUT2D eigenvalue weighted by atomic mass is 32.1. The molecule has 72 valence electrons. The first kappa shape index (κ1) is 8.65. The molecule has 0 aliphatic heterocycles. The molecule has 5 unspecified atom stereocenters. The van der Waals surface area contributed by atoms with Crippen molar-refractivity contribution >= 4 is 25.3 Å². The van der Waals surface area contributed by atoms with Crippen molar-refractivity contribution in [2.75, 3.05) is 0 Å². The van der Waals surface area contributed by atoms with E-state index in [1.807, 2.05) is 0 Å². The van der Waals surface area contributed by atoms with Crippen LogP contribution in [-0.4, -0.2) is 22.1 Å². The average molecular weight is 214 g/mol. The molecule has 0 saturated heterocycles. The Morgan fingerprint density at radius 3 is 2.85 bits per heavy atom. The molecule has 0 aromatic rings. The monoisotopic (exact) mass is 214 g/mol. The topological polar surface area (TPSA) is 52.0 Å². The van der Waals surface area contributed by atoms with Crippen LogP contribution in [0.1, 0.15) is 6.42 Å². The predicted octanol–water partition coefficient (Wildman–Crippen LogP) is 0.198. The van der Waals surface area contributed by atoms with Crippen molar-refractivity contribution in [3.63, 3.8) is 0 Å². The highest BCUT2D eigenvalue weighted by Crippen LogP contribution is 2.74. The number of fused-ring (bicyclic) bond motifs is 1. The number of nitrogens with two attached hydrogens (primary N) is 2. The molecule has 0 aromatic carbocycles. The summed E-state index contributed by atoms with van der Waals surface area (Å²) in [6.45, 7) is 0. The molecule has 0 spiro atoms. The standard InChI is InChI=1S/C9H14N2S2/c10-5-1-3-7-4(2-6(5)11)9(7,13)8(3)12/h2-3,5-8,12-13H,1,10-11H2/t3?,5-,6?,7?,8?,9?/m1/s1. The molecule has 0 aromatic heterocycles. The minimum Gasteiger partial charge on any atom is -0.326 e. The van der Waals surface area contributed by atoms with Crippen LogP contribution in [0.25, 0.3) is 0 Å². The van der Waals surface area contributed by atoms with Gasteiger partial charge in [0.15, 0.2) is 0 Å². The summed E-state index contributed by atoms with van der Waals surface area (Å²) in [6, 6.07) is 0.134. The van der Waals surface area contributed by atoms with E-state index >= 15 is 0 Å². The molecule has 2 nitrogen and oxygen atoms in total. The van der Waals surface area contributed by atoms with Crippen LogP contribution >= 0.6 is 25.3 Å². The molecule has 3 aliphatic rings. The SMILES string of the molecule is NC1C=C2C3C(C[C@H]1N)C(S)C23S. The first-order chi connectivity index (χ1) is 6.06. The van der Waals surface area contributed by atoms with Crippen molar-refractivity contribution in [1.29, 1.82) is 0 Å². The van der Waals surface area contributed by atoms with Gasteiger partial charge in [0, 0.05) is 23.3 Å². The highest BCUT2D eigenvalue weighted by Gasteiger charge is 2.75. The largest absolute Gasteiger partial charge is 0.326 e. The molecule has 0 amide bonds. The van der Waals surface area contributed by atoms with E-state index in [4.69, 9.17) is 11.5 Å². The summed E-state index contributed by atoms with van der Waals surface area (Å²) in [4.78, 5) is 0. The van der Waals surface area contributed by atoms with Crippen LogP contribution < -0.4 is 11.5 Å². The number of rotatable bonds is 0. The third kappa shape index (κ3) is 0.814. The second-order valence-corrected chi connectivity index (χ2v) is 5.81. The molecule has 0 radical (unpaired) electrons. The Kier molecular flexibility index (Phi) is 1.53. The lowest BCUT2D eigenvalue weighted by atomic mass is 9.78. The summed E-state index contributed by atoms with van der Waals surface area (Å²) in [6.07, 6.45) is 3.13. The summed E-state index contributed by atoms with van der Waals surface area (Å²) in [5, 5.41) is 0.394. The Labute approximate surface area is 88.9 Å². The van der Waals surface area contributed by atoms with Crippen molar-refractivity contribution in [1.82, 2.24) is 0 Å². The van der Waals surface area contributed by atoms with Gasteiger partial charge >= 0.3 is 0 Å². The van der Waals surface area contributed by atoms with E-state index < -0.39 is 0 Å². The maximum Gasteiger partial charge on any atom is 0.0529 e. The van der Waals surface area contributed by atoms with Crippen LogP contribution in [0.4, 0.5) is 0 Å². The first-order valence-corrected chi connectivity index (χ1v) is 5.67. The van der Waals surface area contributed by atoms with Gasteiger partial charge < -0.3 is 11.5 Å². The molecule has 4 N–H and O–H groups in total. The average Bonchev–Trinajstić information content (AvgIpc) is 2.66. The normalized spacial score (nSPS) is 63.1. The molecule has 3 rings (SSSR count). The fourth-order valence-electron chi connectivity index (χ4n) is 2.99. The zero-order chi connectivity index (χ0) is 9.38. The second kappa shape index (κ2) is 2.30. The number of hydrogen-bond donors (Lipinski definition) is 4. The molecular formula is C9H14N2S2. The second-order valence-electron chi connectivity index (χ2n) is 4.51. The minimum absolute atomic E-state index is 0.0253. The Balaban J connectivity index is 1.99. The van der Waals surface area contributed by atoms with Crippen LogP contribution in [0.5, 0.6) is 0 Å². The zero-order valence-corrected chi connectivity index (χ0v) is 9.01. The maximum absolute atomic E-state index is 5.95. The summed E-state index contributed by atoms with van der Waals surface area (Å²) < 4.78 is 0.0888. The minimum atomic E-state index is 0.0253. The lowest BCUT2D eigenvalue weighted by Gasteiger charge is -2.39. The van der Waals surface area contributed by atoms with Crippen molar-refractivity contribution < 1.29 is 0 Å². The van der Waals surface area contributed by atoms with Gasteiger partial charge in [-0.1, -0.05) is 6.08 Å². The fourth-order valence-corrected chi connectivity index (χ4v) is 4.26. The summed E-state index contributed by atoms with van der Waals surface area (Å²) in [5.74, 6) is 1.26. The van der Waals surface area contributed by atoms with Crippen molar-refractivity contribution in [3.8, 4) is 0 Å². The van der Waals surface area contributed by atoms with Gasteiger partial charge in [-0.3, -0.25) is 0 Å². The molecular weight excluding hydrogens is 200 g/mol. The van der Waals surface area contributed by atoms with E-state index in [2.05, 4.69) is 31.3 Å². The van der Waals surface area contributed by atoms with E-state index in [9.17, 15) is 0 Å². The van der Waals surface area contributed by atoms with Gasteiger partial charge in [-0.15, -0.1) is 0 Å². The summed E-state index contributed by atoms with van der Waals surface area (Å²) in [5.41, 5.74) is 13.3. The first-order valence-electron chi connectivity index (χ1n) is 4.70. The van der Waals surface area contributed by atoms with Crippen molar-refractivity contribution in [3.05, 3.63) is 11.6 Å². The van der Waals surface area contributed by atoms with Crippen molar-refractivity contribution in [2.24, 2.45) is 23.3 Å². The van der Waals surface area contributed by atoms with Gasteiger partial charge in [-0.2, -0.15) is 25.3 Å². The van der Waals surface area contributed by atoms with Gasteiger partial charge in [0.25, 0.3) is 0 Å². The van der Waals surface area contributed by atoms with Crippen LogP contribution in [0.15, 0.2) is 11.6 Å². The smallest absolute Gasteiger partial charge is 0.0529 e. The quantitative estimate of drug-likeness (QED) is 0.344. The number of thiol groups is 2. The number of hydrogen-bond acceptors (Lipinski definition) is 4. The van der Waals surface area contributed by atoms with Crippen molar-refractivity contribution in [2.45, 2.75) is 28.5 Å². The lowest BCUT2D eigenvalue weighted by molar-refractivity contribution is 0.284. The Bertz CT molecular complexity index is 304. The molecule has 6 atom stereocenters. The van der Waals surface area contributed by atoms with Gasteiger partial charge in [-0.05, 0) is 17.9 Å². The van der Waals surface area contributed by atoms with Crippen LogP contribution in [0, 0.1) is 11.8 Å². The highest BCUT2D eigenvalue weighted by molar-refractivity contribution is 7.86. The summed E-state index contributed by atoms with van der Waals surface area (Å²) in [7, 11) is 0. The van der Waals surface area contributed by atoms with E-state index in [1.165, 1.54) is 5.57 Å². The van der Waals surface area contributed by atoms with Gasteiger partial charge in [0.2, 0.25) is 0 Å². The molecule has 2 fully saturated rings. The van der Waals surface area contributed by atoms with E-state index in [-0.39, 0.29) is 16.8 Å². The zero-order valence-electron chi connectivity index (χ0n) is 7.22. The predicted molar refractivity (Wildman–Crippen MR) is 60.1 cm³/mol. The molecule has 4 heteroatoms. The summed E-state index contributed by atoms with van der Waals surface area (Å²) >= 11 is 9.25. The molecule has 0 bridgehead atoms. The Hall–Kier alpha value is 0.360. The third-order valence-corrected chi connectivity index (χ3v) is 5.69. The van der Waals surface area contributed by atoms with Crippen LogP contribution in [0.3, 0.4) is 0 Å². The van der Waals surface area contributed by atoms with E-state index in [0.29, 0.717) is 17.1 Å². The molecule has 13 heavy (non-hydrogen) atoms. The lowest BCUT2D eigenvalue weighted by Crippen LogP contribution is -2.49. The fraction of sp³-hybridized carbons (Fsp3) is 0.778. The van der Waals surface area contributed by atoms with Gasteiger partial charge in [0.05, 0.1) is 4.75 Å². The van der Waals surface area contributed by atoms with Crippen LogP contribution in [-0.2, 0) is 0 Å². The molecule has 2 saturated carbocycles. The molecule has 3 aliphatic carbocycles. The van der Waals surface area contributed by atoms with E-state index in [0.717, 1.165) is 6.42 Å². The maximum atomic E-state index is 5.95. The van der Waals surface area contributed by atoms with Gasteiger partial charge in [0.1, 0.15) is 0 Å². The molecule has 0 heterocycles.